The maximum atomic E-state index is 5.58. The molecule has 0 bridgehead atoms. The van der Waals surface area contributed by atoms with Gasteiger partial charge in [0.1, 0.15) is 12.3 Å². The number of guanidine groups is 1. The fourth-order valence-electron chi connectivity index (χ4n) is 3.02. The van der Waals surface area contributed by atoms with Gasteiger partial charge in [-0.25, -0.2) is 9.98 Å². The lowest BCUT2D eigenvalue weighted by Crippen LogP contribution is -2.41. The van der Waals surface area contributed by atoms with Crippen molar-refractivity contribution < 1.29 is 4.42 Å². The Kier molecular flexibility index (Phi) is 6.28. The summed E-state index contributed by atoms with van der Waals surface area (Å²) in [6.45, 7) is 10.7. The fraction of sp³-hybridized carbons (Fsp3) is 0.765. The molecule has 2 unspecified atom stereocenters. The van der Waals surface area contributed by atoms with E-state index in [4.69, 9.17) is 4.42 Å². The first-order chi connectivity index (χ1) is 10.6. The van der Waals surface area contributed by atoms with E-state index in [2.05, 4.69) is 34.5 Å². The molecule has 1 saturated carbocycles. The first-order valence-corrected chi connectivity index (χ1v) is 8.55. The standard InChI is InChI=1S/C17H30N4O/c1-5-18-17(19-10-15-9-7-6-8-12(15)2)20-11-16-21-13(3)14(4)22-16/h12,15H,5-11H2,1-4H3,(H2,18,19,20). The van der Waals surface area contributed by atoms with Crippen molar-refractivity contribution in [3.8, 4) is 0 Å². The number of hydrogen-bond donors (Lipinski definition) is 2. The zero-order valence-corrected chi connectivity index (χ0v) is 14.4. The van der Waals surface area contributed by atoms with Crippen molar-refractivity contribution in [3.05, 3.63) is 17.3 Å². The van der Waals surface area contributed by atoms with E-state index in [1.165, 1.54) is 25.7 Å². The molecule has 5 heteroatoms. The number of nitrogens with zero attached hydrogens (tertiary/aromatic N) is 2. The van der Waals surface area contributed by atoms with Crippen LogP contribution in [0, 0.1) is 25.7 Å². The molecule has 1 heterocycles. The van der Waals surface area contributed by atoms with Crippen LogP contribution in [0.5, 0.6) is 0 Å². The van der Waals surface area contributed by atoms with Gasteiger partial charge in [-0.15, -0.1) is 0 Å². The lowest BCUT2D eigenvalue weighted by molar-refractivity contribution is 0.256. The predicted molar refractivity (Wildman–Crippen MR) is 89.9 cm³/mol. The Morgan fingerprint density at radius 1 is 1.27 bits per heavy atom. The molecule has 5 nitrogen and oxygen atoms in total. The summed E-state index contributed by atoms with van der Waals surface area (Å²) in [6.07, 6.45) is 5.43. The number of rotatable bonds is 5. The van der Waals surface area contributed by atoms with Gasteiger partial charge in [-0.05, 0) is 39.0 Å². The van der Waals surface area contributed by atoms with E-state index in [-0.39, 0.29) is 0 Å². The maximum absolute atomic E-state index is 5.58. The van der Waals surface area contributed by atoms with E-state index in [9.17, 15) is 0 Å². The number of aromatic nitrogens is 1. The van der Waals surface area contributed by atoms with Gasteiger partial charge < -0.3 is 15.1 Å². The Morgan fingerprint density at radius 3 is 2.68 bits per heavy atom. The van der Waals surface area contributed by atoms with E-state index < -0.39 is 0 Å². The Hall–Kier alpha value is -1.52. The molecule has 0 saturated heterocycles. The third kappa shape index (κ3) is 4.75. The number of oxazole rings is 1. The highest BCUT2D eigenvalue weighted by atomic mass is 16.4. The van der Waals surface area contributed by atoms with Gasteiger partial charge in [-0.1, -0.05) is 26.2 Å². The summed E-state index contributed by atoms with van der Waals surface area (Å²) in [5, 5.41) is 6.78. The molecule has 1 aliphatic carbocycles. The topological polar surface area (TPSA) is 62.5 Å². The average molecular weight is 306 g/mol. The monoisotopic (exact) mass is 306 g/mol. The van der Waals surface area contributed by atoms with Gasteiger partial charge in [0.25, 0.3) is 0 Å². The summed E-state index contributed by atoms with van der Waals surface area (Å²) in [4.78, 5) is 8.96. The highest BCUT2D eigenvalue weighted by molar-refractivity contribution is 5.79. The van der Waals surface area contributed by atoms with Gasteiger partial charge in [0.05, 0.1) is 5.69 Å². The second kappa shape index (κ2) is 8.20. The molecule has 0 aromatic carbocycles. The Morgan fingerprint density at radius 2 is 2.05 bits per heavy atom. The molecular formula is C17H30N4O. The van der Waals surface area contributed by atoms with Gasteiger partial charge in [0, 0.05) is 13.1 Å². The second-order valence-electron chi connectivity index (χ2n) is 6.35. The molecule has 1 fully saturated rings. The van der Waals surface area contributed by atoms with Crippen molar-refractivity contribution in [2.24, 2.45) is 16.8 Å². The first-order valence-electron chi connectivity index (χ1n) is 8.55. The van der Waals surface area contributed by atoms with Crippen LogP contribution >= 0.6 is 0 Å². The number of nitrogens with one attached hydrogen (secondary N) is 2. The Labute approximate surface area is 134 Å². The molecule has 1 aromatic heterocycles. The summed E-state index contributed by atoms with van der Waals surface area (Å²) < 4.78 is 5.58. The molecule has 2 rings (SSSR count). The van der Waals surface area contributed by atoms with Crippen LogP contribution in [0.25, 0.3) is 0 Å². The van der Waals surface area contributed by atoms with Crippen LogP contribution in [0.4, 0.5) is 0 Å². The molecule has 2 N–H and O–H groups in total. The van der Waals surface area contributed by atoms with Crippen molar-refractivity contribution in [3.63, 3.8) is 0 Å². The zero-order chi connectivity index (χ0) is 15.9. The lowest BCUT2D eigenvalue weighted by atomic mass is 9.80. The third-order valence-electron chi connectivity index (χ3n) is 4.61. The van der Waals surface area contributed by atoms with Crippen LogP contribution in [0.2, 0.25) is 0 Å². The molecule has 124 valence electrons. The summed E-state index contributed by atoms with van der Waals surface area (Å²) in [6, 6.07) is 0. The molecule has 1 aliphatic rings. The first kappa shape index (κ1) is 16.8. The van der Waals surface area contributed by atoms with Crippen molar-refractivity contribution in [2.45, 2.75) is 59.9 Å². The fourth-order valence-corrected chi connectivity index (χ4v) is 3.02. The number of aryl methyl sites for hydroxylation is 2. The predicted octanol–water partition coefficient (Wildman–Crippen LogP) is 3.17. The zero-order valence-electron chi connectivity index (χ0n) is 14.4. The normalized spacial score (nSPS) is 22.6. The molecule has 0 spiro atoms. The minimum atomic E-state index is 0.476. The molecule has 22 heavy (non-hydrogen) atoms. The summed E-state index contributed by atoms with van der Waals surface area (Å²) in [5.74, 6) is 3.97. The van der Waals surface area contributed by atoms with Crippen LogP contribution in [0.1, 0.15) is 56.9 Å². The van der Waals surface area contributed by atoms with Crippen LogP contribution in [0.15, 0.2) is 9.41 Å². The largest absolute Gasteiger partial charge is 0.444 e. The minimum Gasteiger partial charge on any atom is -0.444 e. The number of aliphatic imine (C=N–C) groups is 1. The van der Waals surface area contributed by atoms with Gasteiger partial charge in [-0.3, -0.25) is 0 Å². The summed E-state index contributed by atoms with van der Waals surface area (Å²) >= 11 is 0. The van der Waals surface area contributed by atoms with E-state index in [1.807, 2.05) is 13.8 Å². The molecule has 0 radical (unpaired) electrons. The van der Waals surface area contributed by atoms with E-state index in [0.29, 0.717) is 12.4 Å². The van der Waals surface area contributed by atoms with Gasteiger partial charge in [0.15, 0.2) is 5.96 Å². The van der Waals surface area contributed by atoms with Gasteiger partial charge >= 0.3 is 0 Å². The Bertz CT molecular complexity index is 475. The Balaban J connectivity index is 1.89. The average Bonchev–Trinajstić information content (AvgIpc) is 2.82. The SMILES string of the molecule is CCNC(=NCc1nc(C)c(C)o1)NCC1CCCCC1C. The molecule has 0 aliphatic heterocycles. The minimum absolute atomic E-state index is 0.476. The van der Waals surface area contributed by atoms with Gasteiger partial charge in [0.2, 0.25) is 5.89 Å². The van der Waals surface area contributed by atoms with Crippen molar-refractivity contribution in [2.75, 3.05) is 13.1 Å². The van der Waals surface area contributed by atoms with Crippen molar-refractivity contribution in [1.29, 1.82) is 0 Å². The van der Waals surface area contributed by atoms with Crippen LogP contribution < -0.4 is 10.6 Å². The molecule has 2 atom stereocenters. The molecule has 0 amide bonds. The second-order valence-corrected chi connectivity index (χ2v) is 6.35. The maximum Gasteiger partial charge on any atom is 0.216 e. The van der Waals surface area contributed by atoms with E-state index in [1.54, 1.807) is 0 Å². The van der Waals surface area contributed by atoms with Crippen LogP contribution in [0.3, 0.4) is 0 Å². The van der Waals surface area contributed by atoms with Crippen molar-refractivity contribution in [1.82, 2.24) is 15.6 Å². The summed E-state index contributed by atoms with van der Waals surface area (Å²) in [5.41, 5.74) is 0.944. The quantitative estimate of drug-likeness (QED) is 0.648. The lowest BCUT2D eigenvalue weighted by Gasteiger charge is -2.29. The molecular weight excluding hydrogens is 276 g/mol. The van der Waals surface area contributed by atoms with Gasteiger partial charge in [-0.2, -0.15) is 0 Å². The smallest absolute Gasteiger partial charge is 0.216 e. The van der Waals surface area contributed by atoms with E-state index in [0.717, 1.165) is 42.3 Å². The highest BCUT2D eigenvalue weighted by Gasteiger charge is 2.21. The molecule has 1 aromatic rings. The highest BCUT2D eigenvalue weighted by Crippen LogP contribution is 2.28. The van der Waals surface area contributed by atoms with Crippen molar-refractivity contribution >= 4 is 5.96 Å². The summed E-state index contributed by atoms with van der Waals surface area (Å²) in [7, 11) is 0. The van der Waals surface area contributed by atoms with Crippen LogP contribution in [-0.2, 0) is 6.54 Å². The van der Waals surface area contributed by atoms with E-state index >= 15 is 0 Å². The third-order valence-corrected chi connectivity index (χ3v) is 4.61. The number of hydrogen-bond acceptors (Lipinski definition) is 3. The van der Waals surface area contributed by atoms with Crippen LogP contribution in [-0.4, -0.2) is 24.0 Å².